The van der Waals surface area contributed by atoms with Crippen LogP contribution in [0.15, 0.2) is 48.5 Å². The van der Waals surface area contributed by atoms with Gasteiger partial charge in [0.05, 0.1) is 25.5 Å². The van der Waals surface area contributed by atoms with Crippen LogP contribution in [0.1, 0.15) is 28.9 Å². The maximum absolute atomic E-state index is 14.2. The van der Waals surface area contributed by atoms with Crippen LogP contribution in [0, 0.1) is 5.82 Å². The SMILES string of the molecule is O=C(CCc1cc(C(F)(F)F)nn1-c1cccc(Cl)c1)Cc1ccc(COCCO)c(F)c1. The Bertz CT molecular complexity index is 1120. The minimum Gasteiger partial charge on any atom is -0.394 e. The maximum atomic E-state index is 14.2. The van der Waals surface area contributed by atoms with Gasteiger partial charge >= 0.3 is 6.18 Å². The molecule has 0 fully saturated rings. The lowest BCUT2D eigenvalue weighted by molar-refractivity contribution is -0.141. The zero-order valence-corrected chi connectivity index (χ0v) is 18.2. The molecule has 0 atom stereocenters. The number of aryl methyl sites for hydroxylation is 1. The number of halogens is 5. The summed E-state index contributed by atoms with van der Waals surface area (Å²) in [5.41, 5.74) is 0.237. The van der Waals surface area contributed by atoms with Crippen molar-refractivity contribution in [1.29, 1.82) is 0 Å². The van der Waals surface area contributed by atoms with Gasteiger partial charge in [-0.05, 0) is 42.3 Å². The van der Waals surface area contributed by atoms with Crippen molar-refractivity contribution in [3.63, 3.8) is 0 Å². The topological polar surface area (TPSA) is 64.4 Å². The van der Waals surface area contributed by atoms with Gasteiger partial charge < -0.3 is 9.84 Å². The van der Waals surface area contributed by atoms with E-state index in [0.717, 1.165) is 10.7 Å². The first-order valence-electron chi connectivity index (χ1n) is 10.1. The van der Waals surface area contributed by atoms with E-state index < -0.39 is 17.7 Å². The lowest BCUT2D eigenvalue weighted by Crippen LogP contribution is -2.09. The van der Waals surface area contributed by atoms with Gasteiger partial charge in [0.2, 0.25) is 0 Å². The molecule has 1 N–H and O–H groups in total. The van der Waals surface area contributed by atoms with Gasteiger partial charge in [0.25, 0.3) is 0 Å². The standard InChI is InChI=1S/C23H21ClF4N2O3/c24-17-2-1-3-18(12-17)30-19(13-22(29-30)23(26,27)28)6-7-20(32)10-15-4-5-16(21(25)11-15)14-33-9-8-31/h1-5,11-13,31H,6-10,14H2. The average Bonchev–Trinajstić information content (AvgIpc) is 3.19. The Balaban J connectivity index is 1.69. The molecule has 5 nitrogen and oxygen atoms in total. The molecule has 2 aromatic carbocycles. The molecule has 1 heterocycles. The number of Topliss-reactive ketones (excluding diaryl/α,β-unsaturated/α-hetero) is 1. The maximum Gasteiger partial charge on any atom is 0.435 e. The van der Waals surface area contributed by atoms with E-state index in [4.69, 9.17) is 21.4 Å². The van der Waals surface area contributed by atoms with E-state index in [9.17, 15) is 22.4 Å². The van der Waals surface area contributed by atoms with Gasteiger partial charge in [-0.25, -0.2) is 9.07 Å². The van der Waals surface area contributed by atoms with E-state index in [1.54, 1.807) is 24.3 Å². The third-order valence-electron chi connectivity index (χ3n) is 4.80. The van der Waals surface area contributed by atoms with Crippen LogP contribution < -0.4 is 0 Å². The first-order valence-corrected chi connectivity index (χ1v) is 10.4. The van der Waals surface area contributed by atoms with Crippen molar-refractivity contribution in [2.45, 2.75) is 32.0 Å². The number of carbonyl (C=O) groups is 1. The quantitative estimate of drug-likeness (QED) is 0.327. The van der Waals surface area contributed by atoms with E-state index in [1.165, 1.54) is 18.2 Å². The summed E-state index contributed by atoms with van der Waals surface area (Å²) in [4.78, 5) is 12.5. The van der Waals surface area contributed by atoms with E-state index in [-0.39, 0.29) is 50.6 Å². The highest BCUT2D eigenvalue weighted by molar-refractivity contribution is 6.30. The Kier molecular flexibility index (Phi) is 8.23. The summed E-state index contributed by atoms with van der Waals surface area (Å²) in [6.45, 7) is -0.0912. The van der Waals surface area contributed by atoms with Crippen molar-refractivity contribution in [2.24, 2.45) is 0 Å². The van der Waals surface area contributed by atoms with Crippen molar-refractivity contribution in [3.8, 4) is 5.69 Å². The smallest absolute Gasteiger partial charge is 0.394 e. The monoisotopic (exact) mass is 484 g/mol. The summed E-state index contributed by atoms with van der Waals surface area (Å²) in [5, 5.41) is 12.7. The normalized spacial score (nSPS) is 11.7. The summed E-state index contributed by atoms with van der Waals surface area (Å²) in [7, 11) is 0. The molecule has 0 saturated heterocycles. The number of nitrogens with zero attached hydrogens (tertiary/aromatic N) is 2. The van der Waals surface area contributed by atoms with Crippen LogP contribution >= 0.6 is 11.6 Å². The first-order chi connectivity index (χ1) is 15.7. The third kappa shape index (κ3) is 6.86. The second kappa shape index (κ2) is 10.9. The molecule has 0 spiro atoms. The number of rotatable bonds is 10. The van der Waals surface area contributed by atoms with Crippen LogP contribution in [-0.2, 0) is 35.2 Å². The van der Waals surface area contributed by atoms with Crippen LogP contribution in [0.4, 0.5) is 17.6 Å². The van der Waals surface area contributed by atoms with Crippen molar-refractivity contribution in [2.75, 3.05) is 13.2 Å². The van der Waals surface area contributed by atoms with Crippen molar-refractivity contribution in [1.82, 2.24) is 9.78 Å². The highest BCUT2D eigenvalue weighted by Crippen LogP contribution is 2.30. The van der Waals surface area contributed by atoms with Gasteiger partial charge in [-0.15, -0.1) is 0 Å². The van der Waals surface area contributed by atoms with Gasteiger partial charge in [0.15, 0.2) is 5.69 Å². The molecular weight excluding hydrogens is 464 g/mol. The largest absolute Gasteiger partial charge is 0.435 e. The number of hydrogen-bond acceptors (Lipinski definition) is 4. The molecule has 0 unspecified atom stereocenters. The Labute approximate surface area is 192 Å². The molecule has 0 saturated carbocycles. The molecule has 10 heteroatoms. The van der Waals surface area contributed by atoms with Gasteiger partial charge in [0, 0.05) is 29.1 Å². The predicted octanol–water partition coefficient (Wildman–Crippen LogP) is 4.94. The Morgan fingerprint density at radius 3 is 2.61 bits per heavy atom. The molecule has 0 radical (unpaired) electrons. The van der Waals surface area contributed by atoms with Gasteiger partial charge in [0.1, 0.15) is 11.6 Å². The average molecular weight is 485 g/mol. The number of aliphatic hydroxyl groups excluding tert-OH is 1. The number of ketones is 1. The molecule has 33 heavy (non-hydrogen) atoms. The highest BCUT2D eigenvalue weighted by Gasteiger charge is 2.35. The van der Waals surface area contributed by atoms with Crippen molar-refractivity contribution < 1.29 is 32.2 Å². The van der Waals surface area contributed by atoms with Gasteiger partial charge in [-0.3, -0.25) is 4.79 Å². The van der Waals surface area contributed by atoms with Crippen LogP contribution in [0.5, 0.6) is 0 Å². The fraction of sp³-hybridized carbons (Fsp3) is 0.304. The van der Waals surface area contributed by atoms with E-state index in [1.807, 2.05) is 0 Å². The van der Waals surface area contributed by atoms with Crippen LogP contribution in [0.25, 0.3) is 5.69 Å². The van der Waals surface area contributed by atoms with E-state index in [2.05, 4.69) is 5.10 Å². The summed E-state index contributed by atoms with van der Waals surface area (Å²) in [5.74, 6) is -0.793. The lowest BCUT2D eigenvalue weighted by atomic mass is 10.0. The number of carbonyl (C=O) groups excluding carboxylic acids is 1. The zero-order valence-electron chi connectivity index (χ0n) is 17.4. The summed E-state index contributed by atoms with van der Waals surface area (Å²) in [6, 6.07) is 11.5. The molecular formula is C23H21ClF4N2O3. The fourth-order valence-corrected chi connectivity index (χ4v) is 3.40. The molecule has 0 bridgehead atoms. The first kappa shape index (κ1) is 24.9. The fourth-order valence-electron chi connectivity index (χ4n) is 3.22. The molecule has 176 valence electrons. The molecule has 1 aromatic heterocycles. The minimum absolute atomic E-state index is 0.00432. The minimum atomic E-state index is -4.64. The third-order valence-corrected chi connectivity index (χ3v) is 5.03. The number of aliphatic hydroxyl groups is 1. The van der Waals surface area contributed by atoms with Crippen LogP contribution in [0.3, 0.4) is 0 Å². The number of alkyl halides is 3. The second-order valence-electron chi connectivity index (χ2n) is 7.33. The Hall–Kier alpha value is -2.75. The number of aromatic nitrogens is 2. The highest BCUT2D eigenvalue weighted by atomic mass is 35.5. The summed E-state index contributed by atoms with van der Waals surface area (Å²) in [6.07, 6.45) is -4.73. The Morgan fingerprint density at radius 2 is 1.94 bits per heavy atom. The molecule has 3 rings (SSSR count). The second-order valence-corrected chi connectivity index (χ2v) is 7.76. The lowest BCUT2D eigenvalue weighted by Gasteiger charge is -2.09. The van der Waals surface area contributed by atoms with Crippen LogP contribution in [0.2, 0.25) is 5.02 Å². The van der Waals surface area contributed by atoms with Crippen LogP contribution in [-0.4, -0.2) is 33.9 Å². The number of benzene rings is 2. The van der Waals surface area contributed by atoms with E-state index in [0.29, 0.717) is 21.8 Å². The Morgan fingerprint density at radius 1 is 1.15 bits per heavy atom. The summed E-state index contributed by atoms with van der Waals surface area (Å²) >= 11 is 5.95. The van der Waals surface area contributed by atoms with Gasteiger partial charge in [-0.1, -0.05) is 29.8 Å². The van der Waals surface area contributed by atoms with Crippen molar-refractivity contribution >= 4 is 17.4 Å². The molecule has 0 aliphatic carbocycles. The summed E-state index contributed by atoms with van der Waals surface area (Å²) < 4.78 is 60.0. The van der Waals surface area contributed by atoms with Crippen molar-refractivity contribution in [3.05, 3.63) is 81.9 Å². The van der Waals surface area contributed by atoms with E-state index >= 15 is 0 Å². The predicted molar refractivity (Wildman–Crippen MR) is 114 cm³/mol. The number of hydrogen-bond donors (Lipinski definition) is 1. The molecule has 0 aliphatic rings. The molecule has 3 aromatic rings. The number of ether oxygens (including phenoxy) is 1. The van der Waals surface area contributed by atoms with Gasteiger partial charge in [-0.2, -0.15) is 18.3 Å². The molecule has 0 amide bonds. The molecule has 0 aliphatic heterocycles. The zero-order chi connectivity index (χ0) is 24.0.